The maximum Gasteiger partial charge on any atom is 0.410 e. The Morgan fingerprint density at radius 2 is 1.74 bits per heavy atom. The minimum absolute atomic E-state index is 0.0387. The van der Waals surface area contributed by atoms with Gasteiger partial charge in [0.15, 0.2) is 0 Å². The number of nitrogens with zero attached hydrogens (tertiary/aromatic N) is 3. The molecule has 176 valence electrons. The summed E-state index contributed by atoms with van der Waals surface area (Å²) >= 11 is 0. The topological polar surface area (TPSA) is 101 Å². The summed E-state index contributed by atoms with van der Waals surface area (Å²) in [6.07, 6.45) is 1.24. The number of aromatic nitrogens is 1. The number of amides is 2. The number of rotatable bonds is 5. The normalized spacial score (nSPS) is 17.8. The molecule has 4 rings (SSSR count). The van der Waals surface area contributed by atoms with Gasteiger partial charge in [0.1, 0.15) is 12.4 Å². The molecule has 8 heteroatoms. The van der Waals surface area contributed by atoms with Crippen LogP contribution >= 0.6 is 0 Å². The number of hydrogen-bond acceptors (Lipinski definition) is 6. The number of benzene rings is 2. The van der Waals surface area contributed by atoms with Gasteiger partial charge in [0.25, 0.3) is 5.91 Å². The van der Waals surface area contributed by atoms with Crippen molar-refractivity contribution in [3.05, 3.63) is 84.1 Å². The molecule has 0 bridgehead atoms. The first-order valence-corrected chi connectivity index (χ1v) is 11.3. The first-order valence-electron chi connectivity index (χ1n) is 11.3. The van der Waals surface area contributed by atoms with E-state index in [2.05, 4.69) is 15.2 Å². The third-order valence-electron chi connectivity index (χ3n) is 5.94. The molecular weight excluding hydrogens is 430 g/mol. The number of carbonyl (C=O) groups is 2. The molecule has 0 spiro atoms. The summed E-state index contributed by atoms with van der Waals surface area (Å²) < 4.78 is 5.53. The van der Waals surface area contributed by atoms with Gasteiger partial charge in [-0.1, -0.05) is 42.5 Å². The Morgan fingerprint density at radius 1 is 1.00 bits per heavy atom. The third kappa shape index (κ3) is 5.28. The van der Waals surface area contributed by atoms with Crippen molar-refractivity contribution in [1.29, 1.82) is 0 Å². The third-order valence-corrected chi connectivity index (χ3v) is 5.94. The zero-order valence-corrected chi connectivity index (χ0v) is 19.3. The summed E-state index contributed by atoms with van der Waals surface area (Å²) in [6.45, 7) is 5.42. The van der Waals surface area contributed by atoms with E-state index in [1.807, 2.05) is 62.4 Å². The molecule has 0 radical (unpaired) electrons. The number of carbonyl (C=O) groups excluding carboxylic acids is 2. The molecule has 8 nitrogen and oxygen atoms in total. The Kier molecular flexibility index (Phi) is 6.96. The average Bonchev–Trinajstić information content (AvgIpc) is 2.86. The lowest BCUT2D eigenvalue weighted by Gasteiger charge is -2.44. The fourth-order valence-electron chi connectivity index (χ4n) is 4.00. The Bertz CT molecular complexity index is 1140. The van der Waals surface area contributed by atoms with Gasteiger partial charge in [-0.25, -0.2) is 9.78 Å². The van der Waals surface area contributed by atoms with Gasteiger partial charge in [0.2, 0.25) is 0 Å². The highest BCUT2D eigenvalue weighted by Gasteiger charge is 2.33. The fourth-order valence-corrected chi connectivity index (χ4v) is 4.00. The maximum atomic E-state index is 12.7. The van der Waals surface area contributed by atoms with E-state index in [1.165, 1.54) is 0 Å². The number of ether oxygens (including phenoxy) is 1. The zero-order chi connectivity index (χ0) is 24.1. The zero-order valence-electron chi connectivity index (χ0n) is 19.3. The minimum atomic E-state index is -0.317. The van der Waals surface area contributed by atoms with E-state index in [1.54, 1.807) is 29.3 Å². The van der Waals surface area contributed by atoms with Crippen LogP contribution in [0.5, 0.6) is 0 Å². The lowest BCUT2D eigenvalue weighted by molar-refractivity contribution is 0.0737. The summed E-state index contributed by atoms with van der Waals surface area (Å²) in [5.41, 5.74) is 8.37. The van der Waals surface area contributed by atoms with Crippen molar-refractivity contribution < 1.29 is 14.3 Å². The summed E-state index contributed by atoms with van der Waals surface area (Å²) in [5, 5.41) is 2.81. The summed E-state index contributed by atoms with van der Waals surface area (Å²) in [7, 11) is 0. The molecule has 1 aliphatic heterocycles. The van der Waals surface area contributed by atoms with Gasteiger partial charge < -0.3 is 25.6 Å². The number of nitrogen functional groups attached to an aromatic ring is 1. The monoisotopic (exact) mass is 459 g/mol. The van der Waals surface area contributed by atoms with Crippen LogP contribution in [0.2, 0.25) is 0 Å². The van der Waals surface area contributed by atoms with Crippen LogP contribution in [-0.4, -0.2) is 47.1 Å². The maximum absolute atomic E-state index is 12.7. The molecule has 2 amide bonds. The standard InChI is InChI=1S/C26H29N5O3/c1-18-16-31(26(33)34-17-20-8-4-3-5-9-20)19(2)15-30(18)24-13-12-21(14-28-24)25(32)29-23-11-7-6-10-22(23)27/h3-14,18-19H,15-17,27H2,1-2H3,(H,29,32)/t18-,19+/m1/s1. The van der Waals surface area contributed by atoms with Gasteiger partial charge in [-0.15, -0.1) is 0 Å². The largest absolute Gasteiger partial charge is 0.445 e. The number of para-hydroxylation sites is 2. The first-order chi connectivity index (χ1) is 16.4. The van der Waals surface area contributed by atoms with Crippen LogP contribution in [-0.2, 0) is 11.3 Å². The molecule has 1 saturated heterocycles. The van der Waals surface area contributed by atoms with E-state index >= 15 is 0 Å². The summed E-state index contributed by atoms with van der Waals surface area (Å²) in [4.78, 5) is 33.7. The van der Waals surface area contributed by atoms with Gasteiger partial charge in [-0.3, -0.25) is 4.79 Å². The van der Waals surface area contributed by atoms with Crippen molar-refractivity contribution in [1.82, 2.24) is 9.88 Å². The van der Waals surface area contributed by atoms with Crippen molar-refractivity contribution in [2.45, 2.75) is 32.5 Å². The Labute approximate surface area is 199 Å². The number of nitrogens with two attached hydrogens (primary N) is 1. The number of nitrogens with one attached hydrogen (secondary N) is 1. The Balaban J connectivity index is 1.36. The molecule has 3 N–H and O–H groups in total. The molecule has 3 aromatic rings. The van der Waals surface area contributed by atoms with Crippen LogP contribution in [0.4, 0.5) is 22.0 Å². The van der Waals surface area contributed by atoms with Crippen LogP contribution in [0.15, 0.2) is 72.9 Å². The Hall–Kier alpha value is -4.07. The van der Waals surface area contributed by atoms with Gasteiger partial charge in [-0.05, 0) is 43.7 Å². The highest BCUT2D eigenvalue weighted by atomic mass is 16.6. The predicted molar refractivity (Wildman–Crippen MR) is 133 cm³/mol. The second-order valence-corrected chi connectivity index (χ2v) is 8.49. The van der Waals surface area contributed by atoms with Gasteiger partial charge >= 0.3 is 6.09 Å². The average molecular weight is 460 g/mol. The minimum Gasteiger partial charge on any atom is -0.445 e. The fraction of sp³-hybridized carbons (Fsp3) is 0.269. The molecule has 34 heavy (non-hydrogen) atoms. The van der Waals surface area contributed by atoms with Gasteiger partial charge in [0.05, 0.1) is 16.9 Å². The highest BCUT2D eigenvalue weighted by Crippen LogP contribution is 2.23. The summed E-state index contributed by atoms with van der Waals surface area (Å²) in [6, 6.07) is 20.3. The van der Waals surface area contributed by atoms with E-state index < -0.39 is 0 Å². The quantitative estimate of drug-likeness (QED) is 0.556. The van der Waals surface area contributed by atoms with Gasteiger partial charge in [0, 0.05) is 31.4 Å². The lowest BCUT2D eigenvalue weighted by atomic mass is 10.1. The van der Waals surface area contributed by atoms with Crippen molar-refractivity contribution in [2.75, 3.05) is 29.0 Å². The van der Waals surface area contributed by atoms with E-state index in [0.717, 1.165) is 11.4 Å². The SMILES string of the molecule is C[C@@H]1CN(C(=O)OCc2ccccc2)[C@@H](C)CN1c1ccc(C(=O)Nc2ccccc2N)cn1. The van der Waals surface area contributed by atoms with E-state index in [9.17, 15) is 9.59 Å². The van der Waals surface area contributed by atoms with Crippen LogP contribution in [0.3, 0.4) is 0 Å². The molecule has 1 aromatic heterocycles. The molecular formula is C26H29N5O3. The predicted octanol–water partition coefficient (Wildman–Crippen LogP) is 4.15. The molecule has 2 heterocycles. The van der Waals surface area contributed by atoms with Crippen molar-refractivity contribution in [3.63, 3.8) is 0 Å². The van der Waals surface area contributed by atoms with Crippen LogP contribution in [0.25, 0.3) is 0 Å². The molecule has 1 aliphatic rings. The van der Waals surface area contributed by atoms with E-state index in [0.29, 0.717) is 30.0 Å². The number of anilines is 3. The molecule has 2 atom stereocenters. The van der Waals surface area contributed by atoms with Crippen molar-refractivity contribution in [2.24, 2.45) is 0 Å². The van der Waals surface area contributed by atoms with Crippen molar-refractivity contribution >= 4 is 29.2 Å². The number of piperazine rings is 1. The smallest absolute Gasteiger partial charge is 0.410 e. The molecule has 0 unspecified atom stereocenters. The molecule has 2 aromatic carbocycles. The van der Waals surface area contributed by atoms with Crippen LogP contribution < -0.4 is 16.0 Å². The lowest BCUT2D eigenvalue weighted by Crippen LogP contribution is -2.58. The van der Waals surface area contributed by atoms with E-state index in [-0.39, 0.29) is 30.7 Å². The number of pyridine rings is 1. The molecule has 0 saturated carbocycles. The number of hydrogen-bond donors (Lipinski definition) is 2. The Morgan fingerprint density at radius 3 is 2.44 bits per heavy atom. The van der Waals surface area contributed by atoms with Crippen molar-refractivity contribution in [3.8, 4) is 0 Å². The second-order valence-electron chi connectivity index (χ2n) is 8.49. The molecule has 1 fully saturated rings. The first kappa shape index (κ1) is 23.1. The second kappa shape index (κ2) is 10.2. The van der Waals surface area contributed by atoms with Gasteiger partial charge in [-0.2, -0.15) is 0 Å². The summed E-state index contributed by atoms with van der Waals surface area (Å²) in [5.74, 6) is 0.483. The highest BCUT2D eigenvalue weighted by molar-refractivity contribution is 6.05. The molecule has 0 aliphatic carbocycles. The van der Waals surface area contributed by atoms with Crippen LogP contribution in [0.1, 0.15) is 29.8 Å². The van der Waals surface area contributed by atoms with E-state index in [4.69, 9.17) is 10.5 Å². The van der Waals surface area contributed by atoms with Crippen LogP contribution in [0, 0.1) is 0 Å².